The highest BCUT2D eigenvalue weighted by Crippen LogP contribution is 2.15. The summed E-state index contributed by atoms with van der Waals surface area (Å²) < 4.78 is 0. The number of rotatable bonds is 4. The normalized spacial score (nSPS) is 10.0. The molecule has 0 unspecified atom stereocenters. The van der Waals surface area contributed by atoms with Crippen LogP contribution in [0.15, 0.2) is 29.2 Å². The molecule has 82 valence electrons. The number of likely N-dealkylation sites (N-methyl/N-ethyl adjacent to an activating group) is 1. The van der Waals surface area contributed by atoms with E-state index in [1.807, 2.05) is 18.4 Å². The Bertz CT molecular complexity index is 324. The van der Waals surface area contributed by atoms with Gasteiger partial charge in [0.1, 0.15) is 0 Å². The summed E-state index contributed by atoms with van der Waals surface area (Å²) in [7, 11) is 1.58. The van der Waals surface area contributed by atoms with Crippen molar-refractivity contribution in [3.63, 3.8) is 0 Å². The van der Waals surface area contributed by atoms with Gasteiger partial charge in [0.05, 0.1) is 0 Å². The van der Waals surface area contributed by atoms with Gasteiger partial charge in [0, 0.05) is 18.5 Å². The number of nitrogens with zero attached hydrogens (tertiary/aromatic N) is 1. The Balaban J connectivity index is 2.47. The van der Waals surface area contributed by atoms with Crippen molar-refractivity contribution in [3.8, 4) is 0 Å². The molecule has 1 aromatic rings. The van der Waals surface area contributed by atoms with Crippen molar-refractivity contribution in [1.82, 2.24) is 4.90 Å². The molecule has 0 heterocycles. The Kier molecular flexibility index (Phi) is 4.49. The monoisotopic (exact) mass is 225 g/mol. The first kappa shape index (κ1) is 11.9. The second-order valence-corrected chi connectivity index (χ2v) is 4.18. The maximum absolute atomic E-state index is 10.5. The molecule has 3 nitrogen and oxygen atoms in total. The van der Waals surface area contributed by atoms with Gasteiger partial charge in [0.2, 0.25) is 0 Å². The van der Waals surface area contributed by atoms with Crippen LogP contribution in [0.5, 0.6) is 0 Å². The molecule has 0 aliphatic heterocycles. The van der Waals surface area contributed by atoms with Crippen molar-refractivity contribution < 1.29 is 9.90 Å². The van der Waals surface area contributed by atoms with Crippen LogP contribution in [-0.4, -0.2) is 35.9 Å². The lowest BCUT2D eigenvalue weighted by Crippen LogP contribution is -2.26. The Hall–Kier alpha value is -1.16. The lowest BCUT2D eigenvalue weighted by atomic mass is 10.1. The summed E-state index contributed by atoms with van der Waals surface area (Å²) in [5.74, 6) is 0. The van der Waals surface area contributed by atoms with Crippen molar-refractivity contribution >= 4 is 17.9 Å². The van der Waals surface area contributed by atoms with Crippen LogP contribution >= 0.6 is 11.8 Å². The molecule has 0 bridgehead atoms. The summed E-state index contributed by atoms with van der Waals surface area (Å²) in [6.45, 7) is 0.536. The Morgan fingerprint density at radius 1 is 1.40 bits per heavy atom. The van der Waals surface area contributed by atoms with Gasteiger partial charge in [0.25, 0.3) is 0 Å². The molecule has 0 aliphatic rings. The van der Waals surface area contributed by atoms with Crippen molar-refractivity contribution in [1.29, 1.82) is 0 Å². The van der Waals surface area contributed by atoms with E-state index >= 15 is 0 Å². The summed E-state index contributed by atoms with van der Waals surface area (Å²) in [5.41, 5.74) is 1.17. The second-order valence-electron chi connectivity index (χ2n) is 3.30. The molecule has 0 radical (unpaired) electrons. The third kappa shape index (κ3) is 3.83. The zero-order chi connectivity index (χ0) is 11.3. The molecule has 0 spiro atoms. The van der Waals surface area contributed by atoms with Crippen LogP contribution in [0.2, 0.25) is 0 Å². The summed E-state index contributed by atoms with van der Waals surface area (Å²) in [5, 5.41) is 8.66. The van der Waals surface area contributed by atoms with E-state index in [1.54, 1.807) is 18.8 Å². The van der Waals surface area contributed by atoms with E-state index in [9.17, 15) is 4.79 Å². The van der Waals surface area contributed by atoms with Crippen molar-refractivity contribution in [2.24, 2.45) is 0 Å². The van der Waals surface area contributed by atoms with Gasteiger partial charge in [-0.15, -0.1) is 11.8 Å². The Morgan fingerprint density at radius 3 is 2.47 bits per heavy atom. The molecule has 0 saturated carbocycles. The van der Waals surface area contributed by atoms with Gasteiger partial charge in [-0.05, 0) is 30.4 Å². The van der Waals surface area contributed by atoms with Crippen LogP contribution in [-0.2, 0) is 6.42 Å². The van der Waals surface area contributed by atoms with Gasteiger partial charge in [-0.3, -0.25) is 0 Å². The van der Waals surface area contributed by atoms with Gasteiger partial charge >= 0.3 is 6.09 Å². The molecule has 0 aromatic heterocycles. The minimum atomic E-state index is -0.879. The third-order valence-electron chi connectivity index (χ3n) is 2.22. The summed E-state index contributed by atoms with van der Waals surface area (Å²) in [4.78, 5) is 13.1. The molecule has 1 amide bonds. The molecule has 0 atom stereocenters. The number of carboxylic acid groups (broad SMARTS) is 1. The van der Waals surface area contributed by atoms with E-state index in [-0.39, 0.29) is 0 Å². The quantitative estimate of drug-likeness (QED) is 0.801. The van der Waals surface area contributed by atoms with E-state index in [4.69, 9.17) is 5.11 Å². The number of hydrogen-bond acceptors (Lipinski definition) is 2. The summed E-state index contributed by atoms with van der Waals surface area (Å²) in [6.07, 6.45) is 1.92. The first-order valence-corrected chi connectivity index (χ1v) is 5.93. The van der Waals surface area contributed by atoms with Crippen molar-refractivity contribution in [2.75, 3.05) is 19.8 Å². The third-order valence-corrected chi connectivity index (χ3v) is 2.97. The van der Waals surface area contributed by atoms with Crippen LogP contribution in [0.1, 0.15) is 5.56 Å². The van der Waals surface area contributed by atoms with E-state index in [2.05, 4.69) is 12.1 Å². The highest BCUT2D eigenvalue weighted by molar-refractivity contribution is 7.98. The van der Waals surface area contributed by atoms with Gasteiger partial charge in [0.15, 0.2) is 0 Å². The zero-order valence-corrected chi connectivity index (χ0v) is 9.75. The standard InChI is InChI=1S/C11H15NO2S/c1-12(11(13)14)8-7-9-3-5-10(15-2)6-4-9/h3-6H,7-8H2,1-2H3,(H,13,14). The first-order valence-electron chi connectivity index (χ1n) is 4.70. The molecule has 4 heteroatoms. The highest BCUT2D eigenvalue weighted by atomic mass is 32.2. The van der Waals surface area contributed by atoms with Crippen LogP contribution < -0.4 is 0 Å². The Morgan fingerprint density at radius 2 is 2.00 bits per heavy atom. The molecule has 1 rings (SSSR count). The van der Waals surface area contributed by atoms with Crippen LogP contribution in [0, 0.1) is 0 Å². The molecule has 0 aliphatic carbocycles. The number of benzene rings is 1. The SMILES string of the molecule is CSc1ccc(CCN(C)C(=O)O)cc1. The van der Waals surface area contributed by atoms with Crippen LogP contribution in [0.3, 0.4) is 0 Å². The highest BCUT2D eigenvalue weighted by Gasteiger charge is 2.04. The second kappa shape index (κ2) is 5.66. The van der Waals surface area contributed by atoms with E-state index in [0.29, 0.717) is 6.54 Å². The van der Waals surface area contributed by atoms with Gasteiger partial charge in [-0.2, -0.15) is 0 Å². The van der Waals surface area contributed by atoms with Crippen molar-refractivity contribution in [3.05, 3.63) is 29.8 Å². The molecule has 0 fully saturated rings. The summed E-state index contributed by atoms with van der Waals surface area (Å²) in [6, 6.07) is 8.20. The average molecular weight is 225 g/mol. The van der Waals surface area contributed by atoms with E-state index < -0.39 is 6.09 Å². The van der Waals surface area contributed by atoms with E-state index in [1.165, 1.54) is 15.4 Å². The van der Waals surface area contributed by atoms with Gasteiger partial charge in [-0.25, -0.2) is 4.79 Å². The minimum absolute atomic E-state index is 0.536. The predicted octanol–water partition coefficient (Wildman–Crippen LogP) is 2.56. The van der Waals surface area contributed by atoms with E-state index in [0.717, 1.165) is 6.42 Å². The van der Waals surface area contributed by atoms with Gasteiger partial charge in [-0.1, -0.05) is 12.1 Å². The van der Waals surface area contributed by atoms with Crippen molar-refractivity contribution in [2.45, 2.75) is 11.3 Å². The smallest absolute Gasteiger partial charge is 0.407 e. The largest absolute Gasteiger partial charge is 0.465 e. The number of thioether (sulfide) groups is 1. The minimum Gasteiger partial charge on any atom is -0.465 e. The lowest BCUT2D eigenvalue weighted by molar-refractivity contribution is 0.156. The van der Waals surface area contributed by atoms with Crippen LogP contribution in [0.4, 0.5) is 4.79 Å². The molecule has 0 saturated heterocycles. The molecular weight excluding hydrogens is 210 g/mol. The topological polar surface area (TPSA) is 40.5 Å². The molecular formula is C11H15NO2S. The summed E-state index contributed by atoms with van der Waals surface area (Å²) >= 11 is 1.70. The average Bonchev–Trinajstić information content (AvgIpc) is 2.26. The molecule has 15 heavy (non-hydrogen) atoms. The maximum Gasteiger partial charge on any atom is 0.407 e. The Labute approximate surface area is 94.1 Å². The molecule has 1 aromatic carbocycles. The predicted molar refractivity (Wildman–Crippen MR) is 62.6 cm³/mol. The first-order chi connectivity index (χ1) is 7.13. The van der Waals surface area contributed by atoms with Gasteiger partial charge < -0.3 is 10.0 Å². The lowest BCUT2D eigenvalue weighted by Gasteiger charge is -2.12. The molecule has 1 N–H and O–H groups in total. The number of amides is 1. The maximum atomic E-state index is 10.5. The number of carbonyl (C=O) groups is 1. The zero-order valence-electron chi connectivity index (χ0n) is 8.93. The fraction of sp³-hybridized carbons (Fsp3) is 0.364. The van der Waals surface area contributed by atoms with Crippen LogP contribution in [0.25, 0.3) is 0 Å². The fourth-order valence-corrected chi connectivity index (χ4v) is 1.59. The number of hydrogen-bond donors (Lipinski definition) is 1. The fourth-order valence-electron chi connectivity index (χ4n) is 1.18.